The maximum absolute atomic E-state index is 12.6. The first-order chi connectivity index (χ1) is 30.5. The minimum atomic E-state index is -1.29. The van der Waals surface area contributed by atoms with Gasteiger partial charge in [0.1, 0.15) is 12.2 Å². The zero-order valence-corrected chi connectivity index (χ0v) is 41.4. The number of rotatable bonds is 50. The lowest BCUT2D eigenvalue weighted by Gasteiger charge is -2.27. The summed E-state index contributed by atoms with van der Waals surface area (Å²) >= 11 is 0. The molecule has 366 valence electrons. The zero-order valence-electron chi connectivity index (χ0n) is 41.4. The zero-order chi connectivity index (χ0) is 45.2. The Balaban J connectivity index is 3.71. The van der Waals surface area contributed by atoms with Gasteiger partial charge in [-0.2, -0.15) is 0 Å². The van der Waals surface area contributed by atoms with Crippen molar-refractivity contribution in [2.75, 3.05) is 6.61 Å². The number of carbonyl (C=O) groups is 1. The Bertz CT molecular complexity index is 981. The van der Waals surface area contributed by atoms with Crippen molar-refractivity contribution in [3.05, 3.63) is 36.5 Å². The van der Waals surface area contributed by atoms with Crippen LogP contribution in [-0.2, 0) is 4.79 Å². The second-order valence-corrected chi connectivity index (χ2v) is 18.9. The topological polar surface area (TPSA) is 110 Å². The Morgan fingerprint density at radius 3 is 1.02 bits per heavy atom. The highest BCUT2D eigenvalue weighted by Gasteiger charge is 2.28. The van der Waals surface area contributed by atoms with Crippen LogP contribution in [0.3, 0.4) is 0 Å². The minimum Gasteiger partial charge on any atom is -0.394 e. The lowest BCUT2D eigenvalue weighted by molar-refractivity contribution is -0.132. The predicted molar refractivity (Wildman–Crippen MR) is 270 cm³/mol. The van der Waals surface area contributed by atoms with Gasteiger partial charge in [0.25, 0.3) is 0 Å². The van der Waals surface area contributed by atoms with Gasteiger partial charge in [-0.15, -0.1) is 0 Å². The van der Waals surface area contributed by atoms with Crippen LogP contribution in [0.5, 0.6) is 0 Å². The maximum Gasteiger partial charge on any atom is 0.249 e. The first-order valence-corrected chi connectivity index (χ1v) is 27.4. The number of nitrogens with one attached hydrogen (secondary N) is 1. The van der Waals surface area contributed by atoms with Gasteiger partial charge < -0.3 is 25.7 Å². The van der Waals surface area contributed by atoms with E-state index in [0.29, 0.717) is 19.3 Å². The number of aliphatic hydroxyl groups is 4. The monoisotopic (exact) mass is 874 g/mol. The van der Waals surface area contributed by atoms with Crippen molar-refractivity contribution in [1.82, 2.24) is 5.32 Å². The molecule has 6 heteroatoms. The van der Waals surface area contributed by atoms with Gasteiger partial charge in [-0.25, -0.2) is 0 Å². The fourth-order valence-corrected chi connectivity index (χ4v) is 8.48. The Kier molecular flexibility index (Phi) is 49.3. The minimum absolute atomic E-state index is 0.353. The maximum atomic E-state index is 12.6. The van der Waals surface area contributed by atoms with E-state index in [1.54, 1.807) is 0 Å². The molecule has 0 saturated carbocycles. The van der Waals surface area contributed by atoms with E-state index < -0.39 is 36.9 Å². The van der Waals surface area contributed by atoms with Gasteiger partial charge in [0.05, 0.1) is 18.8 Å². The van der Waals surface area contributed by atoms with Gasteiger partial charge >= 0.3 is 0 Å². The molecule has 5 N–H and O–H groups in total. The lowest BCUT2D eigenvalue weighted by Crippen LogP contribution is -2.53. The third-order valence-corrected chi connectivity index (χ3v) is 12.8. The normalized spacial score (nSPS) is 14.1. The van der Waals surface area contributed by atoms with Crippen molar-refractivity contribution >= 4 is 5.91 Å². The molecule has 1 amide bonds. The molecule has 0 aromatic carbocycles. The molecule has 0 aliphatic heterocycles. The van der Waals surface area contributed by atoms with E-state index >= 15 is 0 Å². The number of amides is 1. The Morgan fingerprint density at radius 2 is 0.677 bits per heavy atom. The molecule has 6 nitrogen and oxygen atoms in total. The highest BCUT2D eigenvalue weighted by Crippen LogP contribution is 2.17. The highest BCUT2D eigenvalue weighted by atomic mass is 16.3. The van der Waals surface area contributed by atoms with E-state index in [4.69, 9.17) is 0 Å². The molecule has 0 aliphatic carbocycles. The first kappa shape index (κ1) is 60.5. The largest absolute Gasteiger partial charge is 0.394 e. The molecule has 62 heavy (non-hydrogen) atoms. The highest BCUT2D eigenvalue weighted by molar-refractivity contribution is 5.80. The van der Waals surface area contributed by atoms with Crippen LogP contribution in [0.4, 0.5) is 0 Å². The molecule has 0 aliphatic rings. The molecular weight excluding hydrogens is 767 g/mol. The van der Waals surface area contributed by atoms with E-state index in [2.05, 4.69) is 55.6 Å². The summed E-state index contributed by atoms with van der Waals surface area (Å²) in [5, 5.41) is 43.9. The van der Waals surface area contributed by atoms with Gasteiger partial charge in [-0.3, -0.25) is 4.79 Å². The second kappa shape index (κ2) is 50.5. The molecule has 0 spiro atoms. The number of hydrogen-bond donors (Lipinski definition) is 5. The first-order valence-electron chi connectivity index (χ1n) is 27.4. The average molecular weight is 874 g/mol. The summed E-state index contributed by atoms with van der Waals surface area (Å²) < 4.78 is 0. The van der Waals surface area contributed by atoms with Crippen molar-refractivity contribution < 1.29 is 25.2 Å². The van der Waals surface area contributed by atoms with E-state index in [9.17, 15) is 25.2 Å². The van der Waals surface area contributed by atoms with Crippen molar-refractivity contribution in [2.24, 2.45) is 0 Å². The number of unbranched alkanes of at least 4 members (excludes halogenated alkanes) is 35. The van der Waals surface area contributed by atoms with Crippen LogP contribution in [0.25, 0.3) is 0 Å². The van der Waals surface area contributed by atoms with Crippen molar-refractivity contribution in [2.45, 2.75) is 308 Å². The molecule has 0 fully saturated rings. The van der Waals surface area contributed by atoms with Gasteiger partial charge in [-0.05, 0) is 77.0 Å². The van der Waals surface area contributed by atoms with Crippen LogP contribution >= 0.6 is 0 Å². The fourth-order valence-electron chi connectivity index (χ4n) is 8.48. The van der Waals surface area contributed by atoms with Crippen LogP contribution in [0.2, 0.25) is 0 Å². The Hall–Kier alpha value is -1.47. The average Bonchev–Trinajstić information content (AvgIpc) is 3.28. The van der Waals surface area contributed by atoms with Gasteiger partial charge in [0.2, 0.25) is 5.91 Å². The second-order valence-electron chi connectivity index (χ2n) is 18.9. The third-order valence-electron chi connectivity index (χ3n) is 12.8. The summed E-state index contributed by atoms with van der Waals surface area (Å²) in [7, 11) is 0. The summed E-state index contributed by atoms with van der Waals surface area (Å²) in [6.45, 7) is 4.06. The van der Waals surface area contributed by atoms with Crippen LogP contribution in [0.15, 0.2) is 36.5 Å². The molecule has 4 atom stereocenters. The van der Waals surface area contributed by atoms with Crippen LogP contribution < -0.4 is 5.32 Å². The SMILES string of the molecule is CCCCCCCCCCCCC/C=C\CCCCCCCCC(O)C(=O)NC(CO)C(O)C(O)CCC/C=C/CC/C=C/CCCCCCCCCCCCCCCCCC. The standard InChI is InChI=1S/C56H107NO5/c1-3-5-7-9-11-13-15-17-19-21-23-25-26-27-28-30-31-33-35-37-39-41-43-45-47-49-53(59)55(61)52(51-58)57-56(62)54(60)50-48-46-44-42-40-38-36-34-32-29-24-22-20-18-16-14-12-10-8-6-4-2/h32-35,41,43,52-55,58-61H,3-31,36-40,42,44-51H2,1-2H3,(H,57,62)/b34-32-,35-33+,43-41+. The van der Waals surface area contributed by atoms with Crippen LogP contribution in [-0.4, -0.2) is 57.3 Å². The van der Waals surface area contributed by atoms with Gasteiger partial charge in [-0.1, -0.05) is 243 Å². The summed E-state index contributed by atoms with van der Waals surface area (Å²) in [6, 6.07) is -1.01. The molecule has 0 rings (SSSR count). The molecular formula is C56H107NO5. The lowest BCUT2D eigenvalue weighted by atomic mass is 10.00. The molecule has 0 bridgehead atoms. The van der Waals surface area contributed by atoms with E-state index in [1.807, 2.05) is 0 Å². The van der Waals surface area contributed by atoms with Gasteiger partial charge in [0.15, 0.2) is 0 Å². The molecule has 0 radical (unpaired) electrons. The van der Waals surface area contributed by atoms with E-state index in [1.165, 1.54) is 199 Å². The van der Waals surface area contributed by atoms with Crippen LogP contribution in [0, 0.1) is 0 Å². The molecule has 0 saturated heterocycles. The molecule has 0 heterocycles. The van der Waals surface area contributed by atoms with E-state index in [-0.39, 0.29) is 0 Å². The summed E-state index contributed by atoms with van der Waals surface area (Å²) in [5.74, 6) is -0.600. The fraction of sp³-hybridized carbons (Fsp3) is 0.875. The molecule has 0 aromatic rings. The molecule has 0 aromatic heterocycles. The van der Waals surface area contributed by atoms with Gasteiger partial charge in [0, 0.05) is 0 Å². The smallest absolute Gasteiger partial charge is 0.249 e. The summed E-state index contributed by atoms with van der Waals surface area (Å²) in [5.41, 5.74) is 0. The Labute approximate surface area is 386 Å². The predicted octanol–water partition coefficient (Wildman–Crippen LogP) is 15.6. The Morgan fingerprint density at radius 1 is 0.387 bits per heavy atom. The molecule has 4 unspecified atom stereocenters. The number of aliphatic hydroxyl groups excluding tert-OH is 4. The number of carbonyl (C=O) groups excluding carboxylic acids is 1. The van der Waals surface area contributed by atoms with Crippen LogP contribution in [0.1, 0.15) is 284 Å². The van der Waals surface area contributed by atoms with E-state index in [0.717, 1.165) is 51.4 Å². The number of allylic oxidation sites excluding steroid dienone is 6. The quantitative estimate of drug-likeness (QED) is 0.0309. The van der Waals surface area contributed by atoms with Crippen molar-refractivity contribution in [3.63, 3.8) is 0 Å². The summed E-state index contributed by atoms with van der Waals surface area (Å²) in [6.07, 6.45) is 62.1. The third kappa shape index (κ3) is 43.8. The van der Waals surface area contributed by atoms with Crippen molar-refractivity contribution in [3.8, 4) is 0 Å². The number of hydrogen-bond acceptors (Lipinski definition) is 5. The summed E-state index contributed by atoms with van der Waals surface area (Å²) in [4.78, 5) is 12.6. The van der Waals surface area contributed by atoms with Crippen molar-refractivity contribution in [1.29, 1.82) is 0 Å².